The van der Waals surface area contributed by atoms with Crippen LogP contribution in [0.3, 0.4) is 0 Å². The van der Waals surface area contributed by atoms with Gasteiger partial charge in [0.1, 0.15) is 5.69 Å². The van der Waals surface area contributed by atoms with Crippen molar-refractivity contribution >= 4 is 5.91 Å². The third-order valence-electron chi connectivity index (χ3n) is 3.77. The molecule has 0 fully saturated rings. The summed E-state index contributed by atoms with van der Waals surface area (Å²) in [7, 11) is 1.45. The maximum Gasteiger partial charge on any atom is 0.331 e. The van der Waals surface area contributed by atoms with Crippen molar-refractivity contribution < 1.29 is 4.79 Å². The fraction of sp³-hybridized carbons (Fsp3) is 0.533. The average molecular weight is 291 g/mol. The number of hydrogen-bond acceptors (Lipinski definition) is 3. The Morgan fingerprint density at radius 1 is 1.19 bits per heavy atom. The number of amides is 1. The van der Waals surface area contributed by atoms with E-state index in [1.165, 1.54) is 11.6 Å². The normalized spacial score (nSPS) is 14.0. The highest BCUT2D eigenvalue weighted by Crippen LogP contribution is 2.14. The molecule has 2 rings (SSSR count). The van der Waals surface area contributed by atoms with Gasteiger partial charge in [-0.15, -0.1) is 0 Å². The third kappa shape index (κ3) is 2.84. The van der Waals surface area contributed by atoms with Crippen molar-refractivity contribution in [2.45, 2.75) is 45.6 Å². The Bertz CT molecular complexity index is 697. The number of nitrogens with one attached hydrogen (secondary N) is 1. The summed E-state index contributed by atoms with van der Waals surface area (Å²) in [5.41, 5.74) is 0.211. The molecule has 6 heteroatoms. The summed E-state index contributed by atoms with van der Waals surface area (Å²) in [5.74, 6) is -0.411. The molecule has 1 aromatic heterocycles. The largest absolute Gasteiger partial charge is 0.331 e. The summed E-state index contributed by atoms with van der Waals surface area (Å²) < 4.78 is 2.50. The maximum atomic E-state index is 12.3. The minimum absolute atomic E-state index is 0.201. The Kier molecular flexibility index (Phi) is 4.45. The number of carbonyl (C=O) groups excluding carboxylic acids is 1. The van der Waals surface area contributed by atoms with Crippen LogP contribution in [-0.4, -0.2) is 15.0 Å². The summed E-state index contributed by atoms with van der Waals surface area (Å²) in [6.07, 6.45) is 4.27. The van der Waals surface area contributed by atoms with Crippen molar-refractivity contribution in [1.29, 1.82) is 0 Å². The molecule has 1 aliphatic heterocycles. The first-order valence-corrected chi connectivity index (χ1v) is 7.29. The van der Waals surface area contributed by atoms with Gasteiger partial charge in [-0.2, -0.15) is 0 Å². The first-order valence-electron chi connectivity index (χ1n) is 7.29. The molecule has 1 amide bonds. The van der Waals surface area contributed by atoms with Gasteiger partial charge in [-0.05, 0) is 6.42 Å². The van der Waals surface area contributed by atoms with Crippen LogP contribution in [0.25, 0.3) is 0 Å². The van der Waals surface area contributed by atoms with Crippen LogP contribution in [0, 0.1) is 0 Å². The molecule has 0 saturated heterocycles. The van der Waals surface area contributed by atoms with Gasteiger partial charge in [-0.1, -0.05) is 32.8 Å². The van der Waals surface area contributed by atoms with E-state index in [1.54, 1.807) is 0 Å². The fourth-order valence-electron chi connectivity index (χ4n) is 2.63. The summed E-state index contributed by atoms with van der Waals surface area (Å²) >= 11 is 0. The van der Waals surface area contributed by atoms with Crippen LogP contribution < -0.4 is 16.6 Å². The monoisotopic (exact) mass is 291 g/mol. The Morgan fingerprint density at radius 3 is 2.57 bits per heavy atom. The molecule has 0 spiro atoms. The molecule has 0 aromatic carbocycles. The molecule has 2 heterocycles. The lowest BCUT2D eigenvalue weighted by Gasteiger charge is -2.22. The van der Waals surface area contributed by atoms with E-state index >= 15 is 0 Å². The number of aromatic nitrogens is 2. The average Bonchev–Trinajstić information content (AvgIpc) is 2.44. The number of hydrogen-bond donors (Lipinski definition) is 1. The molecule has 21 heavy (non-hydrogen) atoms. The predicted octanol–water partition coefficient (Wildman–Crippen LogP) is 0.927. The van der Waals surface area contributed by atoms with Gasteiger partial charge in [0.25, 0.3) is 11.5 Å². The summed E-state index contributed by atoms with van der Waals surface area (Å²) in [5, 5.41) is 2.61. The van der Waals surface area contributed by atoms with Gasteiger partial charge in [0, 0.05) is 25.7 Å². The highest BCUT2D eigenvalue weighted by atomic mass is 16.2. The van der Waals surface area contributed by atoms with Crippen molar-refractivity contribution in [3.8, 4) is 0 Å². The zero-order valence-corrected chi connectivity index (χ0v) is 12.6. The van der Waals surface area contributed by atoms with Crippen LogP contribution in [0.1, 0.15) is 48.7 Å². The van der Waals surface area contributed by atoms with E-state index in [2.05, 4.69) is 18.8 Å². The molecule has 0 atom stereocenters. The van der Waals surface area contributed by atoms with Crippen LogP contribution in [0.5, 0.6) is 0 Å². The minimum atomic E-state index is -0.432. The lowest BCUT2D eigenvalue weighted by molar-refractivity contribution is 0.0946. The number of allylic oxidation sites excluding steroid dienone is 1. The summed E-state index contributed by atoms with van der Waals surface area (Å²) in [6.45, 7) is 6.27. The standard InChI is InChI=1S/C15H21N3O3/c1-4-5-6-7-8-18-12-11(9-10(2)16-13(12)19)14(20)17(3)15(18)21/h2,4-9H2,1,3H3,(H,16,19). The number of unbranched alkanes of at least 4 members (excludes halogenated alkanes) is 3. The highest BCUT2D eigenvalue weighted by Gasteiger charge is 2.27. The first-order chi connectivity index (χ1) is 9.97. The number of nitrogens with zero attached hydrogens (tertiary/aromatic N) is 2. The van der Waals surface area contributed by atoms with E-state index in [0.717, 1.165) is 30.3 Å². The molecule has 114 valence electrons. The highest BCUT2D eigenvalue weighted by molar-refractivity contribution is 5.96. The molecule has 1 N–H and O–H groups in total. The second-order valence-electron chi connectivity index (χ2n) is 5.42. The van der Waals surface area contributed by atoms with Gasteiger partial charge in [0.15, 0.2) is 0 Å². The topological polar surface area (TPSA) is 73.1 Å². The lowest BCUT2D eigenvalue weighted by Crippen LogP contribution is -2.47. The van der Waals surface area contributed by atoms with Gasteiger partial charge in [-0.25, -0.2) is 4.79 Å². The zero-order valence-electron chi connectivity index (χ0n) is 12.6. The van der Waals surface area contributed by atoms with E-state index in [0.29, 0.717) is 17.8 Å². The van der Waals surface area contributed by atoms with Crippen molar-refractivity contribution in [2.24, 2.45) is 7.05 Å². The lowest BCUT2D eigenvalue weighted by atomic mass is 10.0. The van der Waals surface area contributed by atoms with Crippen LogP contribution in [0.4, 0.5) is 0 Å². The second kappa shape index (κ2) is 6.11. The molecule has 0 saturated carbocycles. The molecule has 1 aliphatic rings. The molecule has 0 unspecified atom stereocenters. The molecule has 0 bridgehead atoms. The molecule has 6 nitrogen and oxygen atoms in total. The van der Waals surface area contributed by atoms with Crippen LogP contribution >= 0.6 is 0 Å². The Balaban J connectivity index is 2.49. The zero-order chi connectivity index (χ0) is 15.6. The van der Waals surface area contributed by atoms with Crippen molar-refractivity contribution in [1.82, 2.24) is 14.5 Å². The SMILES string of the molecule is C=C1Cc2c(n(CCCCCC)c(=O)n(C)c2=O)C(=O)N1. The van der Waals surface area contributed by atoms with E-state index in [9.17, 15) is 14.4 Å². The summed E-state index contributed by atoms with van der Waals surface area (Å²) in [6, 6.07) is 0. The number of rotatable bonds is 5. The van der Waals surface area contributed by atoms with Gasteiger partial charge in [-0.3, -0.25) is 18.7 Å². The first kappa shape index (κ1) is 15.3. The van der Waals surface area contributed by atoms with Crippen LogP contribution in [0.2, 0.25) is 0 Å². The van der Waals surface area contributed by atoms with E-state index < -0.39 is 17.2 Å². The molecule has 0 radical (unpaired) electrons. The fourth-order valence-corrected chi connectivity index (χ4v) is 2.63. The Morgan fingerprint density at radius 2 is 1.90 bits per heavy atom. The third-order valence-corrected chi connectivity index (χ3v) is 3.77. The van der Waals surface area contributed by atoms with E-state index in [-0.39, 0.29) is 12.1 Å². The predicted molar refractivity (Wildman–Crippen MR) is 80.4 cm³/mol. The summed E-state index contributed by atoms with van der Waals surface area (Å²) in [4.78, 5) is 36.6. The van der Waals surface area contributed by atoms with Crippen LogP contribution in [-0.2, 0) is 20.0 Å². The molecular formula is C15H21N3O3. The van der Waals surface area contributed by atoms with Gasteiger partial charge < -0.3 is 5.32 Å². The number of carbonyl (C=O) groups is 1. The smallest absolute Gasteiger partial charge is 0.325 e. The second-order valence-corrected chi connectivity index (χ2v) is 5.42. The maximum absolute atomic E-state index is 12.3. The Hall–Kier alpha value is -2.11. The number of fused-ring (bicyclic) bond motifs is 1. The molecular weight excluding hydrogens is 270 g/mol. The van der Waals surface area contributed by atoms with Gasteiger partial charge >= 0.3 is 5.69 Å². The van der Waals surface area contributed by atoms with E-state index in [1.807, 2.05) is 0 Å². The molecule has 1 aromatic rings. The molecule has 0 aliphatic carbocycles. The minimum Gasteiger partial charge on any atom is -0.325 e. The van der Waals surface area contributed by atoms with Crippen molar-refractivity contribution in [3.05, 3.63) is 44.4 Å². The van der Waals surface area contributed by atoms with Gasteiger partial charge in [0.05, 0.1) is 5.56 Å². The van der Waals surface area contributed by atoms with E-state index in [4.69, 9.17) is 0 Å². The Labute approximate surface area is 123 Å². The van der Waals surface area contributed by atoms with Gasteiger partial charge in [0.2, 0.25) is 0 Å². The van der Waals surface area contributed by atoms with Crippen molar-refractivity contribution in [3.63, 3.8) is 0 Å². The quantitative estimate of drug-likeness (QED) is 0.820. The van der Waals surface area contributed by atoms with Crippen LogP contribution in [0.15, 0.2) is 21.9 Å². The van der Waals surface area contributed by atoms with Crippen molar-refractivity contribution in [2.75, 3.05) is 0 Å².